The first-order valence-corrected chi connectivity index (χ1v) is 10.3. The maximum absolute atomic E-state index is 13.0. The zero-order valence-corrected chi connectivity index (χ0v) is 18.1. The van der Waals surface area contributed by atoms with E-state index in [1.54, 1.807) is 57.2 Å². The largest absolute Gasteiger partial charge is 0.476 e. The molecule has 0 aliphatic rings. The van der Waals surface area contributed by atoms with Crippen LogP contribution in [0.25, 0.3) is 0 Å². The lowest BCUT2D eigenvalue weighted by molar-refractivity contribution is -0.158. The zero-order chi connectivity index (χ0) is 22.6. The molecule has 3 aromatic rings. The van der Waals surface area contributed by atoms with E-state index in [9.17, 15) is 14.0 Å². The van der Waals surface area contributed by atoms with Crippen LogP contribution >= 0.6 is 11.3 Å². The Balaban J connectivity index is 1.72. The van der Waals surface area contributed by atoms with E-state index < -0.39 is 11.6 Å². The van der Waals surface area contributed by atoms with Crippen molar-refractivity contribution in [2.45, 2.75) is 26.4 Å². The molecule has 0 atom stereocenters. The Hall–Kier alpha value is -3.46. The van der Waals surface area contributed by atoms with E-state index in [1.807, 2.05) is 0 Å². The van der Waals surface area contributed by atoms with Crippen LogP contribution in [-0.4, -0.2) is 28.9 Å². The van der Waals surface area contributed by atoms with Crippen molar-refractivity contribution >= 4 is 39.7 Å². The summed E-state index contributed by atoms with van der Waals surface area (Å²) in [5, 5.41) is 3.42. The predicted molar refractivity (Wildman–Crippen MR) is 117 cm³/mol. The van der Waals surface area contributed by atoms with Gasteiger partial charge in [0.1, 0.15) is 22.3 Å². The fourth-order valence-electron chi connectivity index (χ4n) is 2.65. The number of thiazole rings is 1. The van der Waals surface area contributed by atoms with E-state index in [2.05, 4.69) is 10.3 Å². The normalized spacial score (nSPS) is 11.1. The minimum Gasteiger partial charge on any atom is -0.476 e. The van der Waals surface area contributed by atoms with Gasteiger partial charge in [-0.2, -0.15) is 0 Å². The van der Waals surface area contributed by atoms with Gasteiger partial charge in [-0.05, 0) is 69.3 Å². The quantitative estimate of drug-likeness (QED) is 0.388. The molecule has 31 heavy (non-hydrogen) atoms. The molecule has 9 heteroatoms. The van der Waals surface area contributed by atoms with Crippen LogP contribution < -0.4 is 15.8 Å². The molecule has 0 aliphatic heterocycles. The van der Waals surface area contributed by atoms with E-state index in [4.69, 9.17) is 15.2 Å². The van der Waals surface area contributed by atoms with Gasteiger partial charge in [0.2, 0.25) is 5.78 Å². The van der Waals surface area contributed by atoms with Crippen LogP contribution in [0.4, 0.5) is 21.0 Å². The van der Waals surface area contributed by atoms with Crippen LogP contribution in [-0.2, 0) is 9.53 Å². The highest BCUT2D eigenvalue weighted by molar-refractivity contribution is 7.18. The van der Waals surface area contributed by atoms with Gasteiger partial charge in [-0.1, -0.05) is 11.3 Å². The maximum Gasteiger partial charge on any atom is 0.349 e. The van der Waals surface area contributed by atoms with Crippen LogP contribution in [0.2, 0.25) is 0 Å². The van der Waals surface area contributed by atoms with Crippen molar-refractivity contribution in [1.82, 2.24) is 4.98 Å². The standard InChI is InChI=1S/C22H22FN3O4S/c1-4-29-20(28)22(2,3)30-16-11-5-13(6-12-16)17(27)18-19(24)26-21(31-18)25-15-9-7-14(23)8-10-15/h5-12H,4,24H2,1-3H3,(H,25,26). The number of ether oxygens (including phenoxy) is 2. The number of hydrogen-bond donors (Lipinski definition) is 2. The molecule has 0 radical (unpaired) electrons. The number of nitrogens with two attached hydrogens (primary N) is 1. The summed E-state index contributed by atoms with van der Waals surface area (Å²) in [6, 6.07) is 12.1. The van der Waals surface area contributed by atoms with Gasteiger partial charge < -0.3 is 20.5 Å². The average Bonchev–Trinajstić information content (AvgIpc) is 3.09. The number of anilines is 3. The molecule has 162 valence electrons. The summed E-state index contributed by atoms with van der Waals surface area (Å²) in [6.07, 6.45) is 0. The number of nitrogens with one attached hydrogen (secondary N) is 1. The lowest BCUT2D eigenvalue weighted by Gasteiger charge is -2.24. The number of aromatic nitrogens is 1. The molecule has 0 saturated carbocycles. The maximum atomic E-state index is 13.0. The molecule has 0 spiro atoms. The van der Waals surface area contributed by atoms with E-state index in [1.165, 1.54) is 12.1 Å². The van der Waals surface area contributed by atoms with E-state index in [0.29, 0.717) is 22.1 Å². The monoisotopic (exact) mass is 443 g/mol. The number of halogens is 1. The number of nitrogens with zero attached hydrogens (tertiary/aromatic N) is 1. The Morgan fingerprint density at radius 3 is 2.39 bits per heavy atom. The molecule has 3 N–H and O–H groups in total. The van der Waals surface area contributed by atoms with E-state index >= 15 is 0 Å². The molecule has 2 aromatic carbocycles. The Bertz CT molecular complexity index is 1080. The Morgan fingerprint density at radius 2 is 1.77 bits per heavy atom. The number of carbonyl (C=O) groups excluding carboxylic acids is 2. The number of hydrogen-bond acceptors (Lipinski definition) is 8. The predicted octanol–water partition coefficient (Wildman–Crippen LogP) is 4.56. The van der Waals surface area contributed by atoms with Gasteiger partial charge in [0.25, 0.3) is 0 Å². The molecule has 0 aliphatic carbocycles. The molecular formula is C22H22FN3O4S. The smallest absolute Gasteiger partial charge is 0.349 e. The molecule has 1 heterocycles. The third-order valence-corrected chi connectivity index (χ3v) is 5.20. The van der Waals surface area contributed by atoms with E-state index in [-0.39, 0.29) is 28.9 Å². The molecule has 0 fully saturated rings. The first-order valence-electron chi connectivity index (χ1n) is 9.49. The lowest BCUT2D eigenvalue weighted by atomic mass is 10.1. The highest BCUT2D eigenvalue weighted by atomic mass is 32.1. The summed E-state index contributed by atoms with van der Waals surface area (Å²) in [5.74, 6) is -0.598. The Kier molecular flexibility index (Phi) is 6.55. The summed E-state index contributed by atoms with van der Waals surface area (Å²) in [7, 11) is 0. The van der Waals surface area contributed by atoms with Gasteiger partial charge in [-0.15, -0.1) is 0 Å². The molecular weight excluding hydrogens is 421 g/mol. The van der Waals surface area contributed by atoms with Gasteiger partial charge >= 0.3 is 5.97 Å². The van der Waals surface area contributed by atoms with E-state index in [0.717, 1.165) is 11.3 Å². The van der Waals surface area contributed by atoms with Crippen molar-refractivity contribution in [3.8, 4) is 5.75 Å². The summed E-state index contributed by atoms with van der Waals surface area (Å²) in [6.45, 7) is 5.20. The summed E-state index contributed by atoms with van der Waals surface area (Å²) in [4.78, 5) is 29.3. The topological polar surface area (TPSA) is 104 Å². The Labute approximate surface area is 183 Å². The lowest BCUT2D eigenvalue weighted by Crippen LogP contribution is -2.39. The van der Waals surface area contributed by atoms with Crippen molar-refractivity contribution in [2.24, 2.45) is 0 Å². The van der Waals surface area contributed by atoms with Crippen LogP contribution in [0.5, 0.6) is 5.75 Å². The van der Waals surface area contributed by atoms with Crippen LogP contribution in [0.15, 0.2) is 48.5 Å². The summed E-state index contributed by atoms with van der Waals surface area (Å²) < 4.78 is 23.7. The molecule has 0 saturated heterocycles. The SMILES string of the molecule is CCOC(=O)C(C)(C)Oc1ccc(C(=O)c2sc(Nc3ccc(F)cc3)nc2N)cc1. The van der Waals surface area contributed by atoms with Crippen molar-refractivity contribution < 1.29 is 23.5 Å². The molecule has 0 unspecified atom stereocenters. The van der Waals surface area contributed by atoms with Crippen LogP contribution in [0, 0.1) is 5.82 Å². The molecule has 7 nitrogen and oxygen atoms in total. The van der Waals surface area contributed by atoms with Crippen molar-refractivity contribution in [2.75, 3.05) is 17.7 Å². The average molecular weight is 444 g/mol. The van der Waals surface area contributed by atoms with Gasteiger partial charge in [-0.25, -0.2) is 14.2 Å². The number of benzene rings is 2. The Morgan fingerprint density at radius 1 is 1.13 bits per heavy atom. The fraction of sp³-hybridized carbons (Fsp3) is 0.227. The molecule has 3 rings (SSSR count). The van der Waals surface area contributed by atoms with Crippen LogP contribution in [0.3, 0.4) is 0 Å². The second-order valence-electron chi connectivity index (χ2n) is 7.05. The fourth-order valence-corrected chi connectivity index (χ4v) is 3.52. The third kappa shape index (κ3) is 5.37. The van der Waals surface area contributed by atoms with Gasteiger partial charge in [0, 0.05) is 11.3 Å². The van der Waals surface area contributed by atoms with Gasteiger partial charge in [-0.3, -0.25) is 4.79 Å². The minimum atomic E-state index is -1.16. The highest BCUT2D eigenvalue weighted by Gasteiger charge is 2.31. The van der Waals surface area contributed by atoms with Crippen molar-refractivity contribution in [3.63, 3.8) is 0 Å². The minimum absolute atomic E-state index is 0.100. The van der Waals surface area contributed by atoms with Crippen LogP contribution in [0.1, 0.15) is 36.0 Å². The second-order valence-corrected chi connectivity index (χ2v) is 8.05. The van der Waals surface area contributed by atoms with Crippen molar-refractivity contribution in [3.05, 3.63) is 64.8 Å². The number of esters is 1. The van der Waals surface area contributed by atoms with Gasteiger partial charge in [0.15, 0.2) is 10.7 Å². The van der Waals surface area contributed by atoms with Crippen molar-refractivity contribution in [1.29, 1.82) is 0 Å². The number of nitrogen functional groups attached to an aromatic ring is 1. The number of ketones is 1. The first kappa shape index (κ1) is 22.2. The first-order chi connectivity index (χ1) is 14.7. The third-order valence-electron chi connectivity index (χ3n) is 4.21. The number of carbonyl (C=O) groups is 2. The zero-order valence-electron chi connectivity index (χ0n) is 17.3. The molecule has 1 aromatic heterocycles. The summed E-state index contributed by atoms with van der Waals surface area (Å²) >= 11 is 1.10. The summed E-state index contributed by atoms with van der Waals surface area (Å²) in [5.41, 5.74) is 5.79. The molecule has 0 amide bonds. The second kappa shape index (κ2) is 9.13. The highest BCUT2D eigenvalue weighted by Crippen LogP contribution is 2.30. The molecule has 0 bridgehead atoms. The number of rotatable bonds is 8. The van der Waals surface area contributed by atoms with Gasteiger partial charge in [0.05, 0.1) is 6.61 Å².